The maximum Gasteiger partial charge on any atom is 0.277 e. The largest absolute Gasteiger partial charge is 0.483 e. The average molecular weight is 432 g/mol. The summed E-state index contributed by atoms with van der Waals surface area (Å²) in [5.41, 5.74) is 3.54. The average Bonchev–Trinajstić information content (AvgIpc) is 2.83. The first-order valence-corrected chi connectivity index (χ1v) is 8.41. The molecule has 0 fully saturated rings. The quantitative estimate of drug-likeness (QED) is 0.572. The Morgan fingerprint density at radius 1 is 1.38 bits per heavy atom. The SMILES string of the molecule is Cc1ccc(OCC(=O)NN=Cc2ccc(Br)s2)c(Br)c1. The van der Waals surface area contributed by atoms with Crippen LogP contribution in [0.2, 0.25) is 0 Å². The Labute approximate surface area is 143 Å². The molecule has 0 spiro atoms. The highest BCUT2D eigenvalue weighted by atomic mass is 79.9. The molecular weight excluding hydrogens is 420 g/mol. The number of hydrogen-bond donors (Lipinski definition) is 1. The van der Waals surface area contributed by atoms with Gasteiger partial charge < -0.3 is 4.74 Å². The normalized spacial score (nSPS) is 10.8. The van der Waals surface area contributed by atoms with E-state index in [9.17, 15) is 4.79 Å². The van der Waals surface area contributed by atoms with Gasteiger partial charge in [-0.05, 0) is 68.6 Å². The van der Waals surface area contributed by atoms with Crippen LogP contribution in [0.15, 0.2) is 43.7 Å². The number of amides is 1. The number of nitrogens with zero attached hydrogens (tertiary/aromatic N) is 1. The van der Waals surface area contributed by atoms with Crippen LogP contribution < -0.4 is 10.2 Å². The third kappa shape index (κ3) is 5.26. The van der Waals surface area contributed by atoms with E-state index in [1.807, 2.05) is 37.3 Å². The molecule has 0 radical (unpaired) electrons. The van der Waals surface area contributed by atoms with Gasteiger partial charge in [0.2, 0.25) is 0 Å². The van der Waals surface area contributed by atoms with Gasteiger partial charge in [-0.3, -0.25) is 4.79 Å². The highest BCUT2D eigenvalue weighted by Crippen LogP contribution is 2.25. The molecule has 2 aromatic rings. The van der Waals surface area contributed by atoms with Crippen LogP contribution >= 0.6 is 43.2 Å². The summed E-state index contributed by atoms with van der Waals surface area (Å²) < 4.78 is 7.26. The maximum atomic E-state index is 11.6. The molecule has 1 amide bonds. The molecule has 2 rings (SSSR count). The number of nitrogens with one attached hydrogen (secondary N) is 1. The summed E-state index contributed by atoms with van der Waals surface area (Å²) in [6, 6.07) is 9.50. The molecule has 21 heavy (non-hydrogen) atoms. The van der Waals surface area contributed by atoms with Crippen LogP contribution in [0.25, 0.3) is 0 Å². The molecule has 0 aliphatic rings. The Kier molecular flexibility index (Phi) is 5.96. The van der Waals surface area contributed by atoms with Crippen molar-refractivity contribution in [2.24, 2.45) is 5.10 Å². The molecule has 0 aliphatic heterocycles. The number of hydrazone groups is 1. The molecule has 4 nitrogen and oxygen atoms in total. The van der Waals surface area contributed by atoms with Crippen LogP contribution in [0.3, 0.4) is 0 Å². The number of thiophene rings is 1. The van der Waals surface area contributed by atoms with Crippen molar-refractivity contribution in [1.29, 1.82) is 0 Å². The van der Waals surface area contributed by atoms with Crippen molar-refractivity contribution in [3.8, 4) is 5.75 Å². The van der Waals surface area contributed by atoms with E-state index >= 15 is 0 Å². The molecule has 7 heteroatoms. The first-order valence-electron chi connectivity index (χ1n) is 6.01. The lowest BCUT2D eigenvalue weighted by Crippen LogP contribution is -2.24. The number of carbonyl (C=O) groups is 1. The van der Waals surface area contributed by atoms with E-state index in [0.29, 0.717) is 5.75 Å². The fraction of sp³-hybridized carbons (Fsp3) is 0.143. The number of aryl methyl sites for hydroxylation is 1. The van der Waals surface area contributed by atoms with E-state index < -0.39 is 0 Å². The van der Waals surface area contributed by atoms with E-state index in [-0.39, 0.29) is 12.5 Å². The Bertz CT molecular complexity index is 671. The Morgan fingerprint density at radius 3 is 2.86 bits per heavy atom. The maximum absolute atomic E-state index is 11.6. The molecule has 1 N–H and O–H groups in total. The van der Waals surface area contributed by atoms with Crippen molar-refractivity contribution >= 4 is 55.3 Å². The summed E-state index contributed by atoms with van der Waals surface area (Å²) in [7, 11) is 0. The van der Waals surface area contributed by atoms with Crippen molar-refractivity contribution < 1.29 is 9.53 Å². The number of benzene rings is 1. The Hall–Kier alpha value is -1.18. The second-order valence-electron chi connectivity index (χ2n) is 4.16. The Morgan fingerprint density at radius 2 is 2.19 bits per heavy atom. The van der Waals surface area contributed by atoms with Gasteiger partial charge >= 0.3 is 0 Å². The second kappa shape index (κ2) is 7.72. The molecule has 0 atom stereocenters. The van der Waals surface area contributed by atoms with Gasteiger partial charge in [0.1, 0.15) is 5.75 Å². The van der Waals surface area contributed by atoms with Gasteiger partial charge in [0.25, 0.3) is 5.91 Å². The van der Waals surface area contributed by atoms with Crippen molar-refractivity contribution in [3.05, 3.63) is 49.0 Å². The molecule has 0 saturated carbocycles. The standard InChI is InChI=1S/C14H12Br2N2O2S/c1-9-2-4-12(11(15)6-9)20-8-14(19)18-17-7-10-3-5-13(16)21-10/h2-7H,8H2,1H3,(H,18,19). The van der Waals surface area contributed by atoms with Crippen LogP contribution in [-0.2, 0) is 4.79 Å². The van der Waals surface area contributed by atoms with Crippen LogP contribution in [0, 0.1) is 6.92 Å². The summed E-state index contributed by atoms with van der Waals surface area (Å²) >= 11 is 8.29. The van der Waals surface area contributed by atoms with Crippen LogP contribution in [-0.4, -0.2) is 18.7 Å². The van der Waals surface area contributed by atoms with Crippen molar-refractivity contribution in [2.45, 2.75) is 6.92 Å². The summed E-state index contributed by atoms with van der Waals surface area (Å²) in [6.45, 7) is 1.89. The zero-order valence-corrected chi connectivity index (χ0v) is 15.1. The lowest BCUT2D eigenvalue weighted by atomic mass is 10.2. The molecule has 0 unspecified atom stereocenters. The molecule has 1 heterocycles. The lowest BCUT2D eigenvalue weighted by Gasteiger charge is -2.07. The lowest BCUT2D eigenvalue weighted by molar-refractivity contribution is -0.123. The van der Waals surface area contributed by atoms with Gasteiger partial charge in [-0.15, -0.1) is 11.3 Å². The minimum Gasteiger partial charge on any atom is -0.483 e. The van der Waals surface area contributed by atoms with Crippen molar-refractivity contribution in [2.75, 3.05) is 6.61 Å². The molecular formula is C14H12Br2N2O2S. The first-order chi connectivity index (χ1) is 10.0. The van der Waals surface area contributed by atoms with Gasteiger partial charge in [-0.1, -0.05) is 6.07 Å². The van der Waals surface area contributed by atoms with Crippen LogP contribution in [0.5, 0.6) is 5.75 Å². The van der Waals surface area contributed by atoms with Crippen LogP contribution in [0.4, 0.5) is 0 Å². The number of hydrogen-bond acceptors (Lipinski definition) is 4. The third-order valence-electron chi connectivity index (χ3n) is 2.42. The van der Waals surface area contributed by atoms with Crippen LogP contribution in [0.1, 0.15) is 10.4 Å². The molecule has 0 aliphatic carbocycles. The predicted molar refractivity (Wildman–Crippen MR) is 92.1 cm³/mol. The number of ether oxygens (including phenoxy) is 1. The van der Waals surface area contributed by atoms with Gasteiger partial charge in [0.05, 0.1) is 14.5 Å². The Balaban J connectivity index is 1.81. The van der Waals surface area contributed by atoms with Gasteiger partial charge in [0.15, 0.2) is 6.61 Å². The van der Waals surface area contributed by atoms with E-state index in [1.165, 1.54) is 11.3 Å². The van der Waals surface area contributed by atoms with Gasteiger partial charge in [-0.25, -0.2) is 5.43 Å². The highest BCUT2D eigenvalue weighted by Gasteiger charge is 2.05. The van der Waals surface area contributed by atoms with Gasteiger partial charge in [0, 0.05) is 4.88 Å². The molecule has 1 aromatic heterocycles. The van der Waals surface area contributed by atoms with E-state index in [1.54, 1.807) is 6.21 Å². The van der Waals surface area contributed by atoms with Gasteiger partial charge in [-0.2, -0.15) is 5.10 Å². The van der Waals surface area contributed by atoms with Crippen molar-refractivity contribution in [3.63, 3.8) is 0 Å². The number of halogens is 2. The smallest absolute Gasteiger partial charge is 0.277 e. The monoisotopic (exact) mass is 430 g/mol. The fourth-order valence-corrected chi connectivity index (χ4v) is 3.37. The molecule has 110 valence electrons. The molecule has 0 bridgehead atoms. The first kappa shape index (κ1) is 16.2. The van der Waals surface area contributed by atoms with E-state index in [2.05, 4.69) is 42.4 Å². The summed E-state index contributed by atoms with van der Waals surface area (Å²) in [6.07, 6.45) is 1.59. The highest BCUT2D eigenvalue weighted by molar-refractivity contribution is 9.11. The van der Waals surface area contributed by atoms with E-state index in [4.69, 9.17) is 4.74 Å². The fourth-order valence-electron chi connectivity index (χ4n) is 1.46. The summed E-state index contributed by atoms with van der Waals surface area (Å²) in [5, 5.41) is 3.88. The third-order valence-corrected chi connectivity index (χ3v) is 4.60. The summed E-state index contributed by atoms with van der Waals surface area (Å²) in [4.78, 5) is 12.6. The minimum absolute atomic E-state index is 0.0901. The summed E-state index contributed by atoms with van der Waals surface area (Å²) in [5.74, 6) is 0.316. The molecule has 0 saturated heterocycles. The topological polar surface area (TPSA) is 50.7 Å². The van der Waals surface area contributed by atoms with Crippen molar-refractivity contribution in [1.82, 2.24) is 5.43 Å². The molecule has 1 aromatic carbocycles. The van der Waals surface area contributed by atoms with E-state index in [0.717, 1.165) is 18.7 Å². The minimum atomic E-state index is -0.311. The number of rotatable bonds is 5. The predicted octanol–water partition coefficient (Wildman–Crippen LogP) is 4.11. The zero-order valence-electron chi connectivity index (χ0n) is 11.1. The number of carbonyl (C=O) groups excluding carboxylic acids is 1. The zero-order chi connectivity index (χ0) is 15.2. The second-order valence-corrected chi connectivity index (χ2v) is 7.51.